The van der Waals surface area contributed by atoms with Crippen LogP contribution in [-0.4, -0.2) is 26.9 Å². The number of methoxy groups -OCH3 is 1. The molecule has 0 aliphatic heterocycles. The topological polar surface area (TPSA) is 88.7 Å². The first-order chi connectivity index (χ1) is 10.8. The minimum absolute atomic E-state index is 0.391. The maximum atomic E-state index is 8.68. The first-order valence-corrected chi connectivity index (χ1v) is 6.76. The molecule has 0 atom stereocenters. The average molecular weight is 294 g/mol. The van der Waals surface area contributed by atoms with Gasteiger partial charge in [-0.1, -0.05) is 0 Å². The summed E-state index contributed by atoms with van der Waals surface area (Å²) in [6.07, 6.45) is 3.58. The summed E-state index contributed by atoms with van der Waals surface area (Å²) < 4.78 is 6.85. The molecule has 2 heterocycles. The van der Waals surface area contributed by atoms with Crippen molar-refractivity contribution in [3.05, 3.63) is 36.8 Å². The van der Waals surface area contributed by atoms with Gasteiger partial charge in [0.15, 0.2) is 5.65 Å². The Labute approximate surface area is 127 Å². The van der Waals surface area contributed by atoms with E-state index < -0.39 is 0 Å². The van der Waals surface area contributed by atoms with Gasteiger partial charge in [0.2, 0.25) is 0 Å². The molecule has 0 radical (unpaired) electrons. The summed E-state index contributed by atoms with van der Waals surface area (Å²) in [6, 6.07) is 9.67. The second-order valence-electron chi connectivity index (χ2n) is 4.59. The molecule has 0 spiro atoms. The third-order valence-corrected chi connectivity index (χ3v) is 3.22. The Morgan fingerprint density at radius 3 is 2.82 bits per heavy atom. The lowest BCUT2D eigenvalue weighted by Gasteiger charge is -2.07. The first kappa shape index (κ1) is 13.8. The molecule has 1 aromatic carbocycles. The zero-order chi connectivity index (χ0) is 15.4. The molecular weight excluding hydrogens is 280 g/mol. The number of hydrogen-bond acceptors (Lipinski definition) is 6. The molecule has 7 heteroatoms. The van der Waals surface area contributed by atoms with Crippen LogP contribution in [0.5, 0.6) is 5.75 Å². The molecule has 0 fully saturated rings. The number of anilines is 2. The lowest BCUT2D eigenvalue weighted by atomic mass is 10.3. The van der Waals surface area contributed by atoms with Gasteiger partial charge in [-0.2, -0.15) is 10.4 Å². The molecule has 3 aromatic rings. The van der Waals surface area contributed by atoms with E-state index in [0.29, 0.717) is 24.4 Å². The molecule has 1 N–H and O–H groups in total. The van der Waals surface area contributed by atoms with E-state index in [9.17, 15) is 0 Å². The van der Waals surface area contributed by atoms with Crippen LogP contribution >= 0.6 is 0 Å². The van der Waals surface area contributed by atoms with E-state index in [-0.39, 0.29) is 0 Å². The number of ether oxygens (including phenoxy) is 1. The summed E-state index contributed by atoms with van der Waals surface area (Å²) in [5.41, 5.74) is 1.60. The SMILES string of the molecule is COc1ccc(Nc2ncnc3c2cnn3CCC#N)cc1. The average Bonchev–Trinajstić information content (AvgIpc) is 2.98. The van der Waals surface area contributed by atoms with Gasteiger partial charge in [-0.3, -0.25) is 0 Å². The largest absolute Gasteiger partial charge is 0.497 e. The lowest BCUT2D eigenvalue weighted by molar-refractivity contribution is 0.415. The number of nitrogens with one attached hydrogen (secondary N) is 1. The van der Waals surface area contributed by atoms with Crippen LogP contribution in [-0.2, 0) is 6.54 Å². The minimum Gasteiger partial charge on any atom is -0.497 e. The summed E-state index contributed by atoms with van der Waals surface area (Å²) in [6.45, 7) is 0.513. The number of nitriles is 1. The van der Waals surface area contributed by atoms with E-state index in [0.717, 1.165) is 16.8 Å². The highest BCUT2D eigenvalue weighted by molar-refractivity contribution is 5.88. The third kappa shape index (κ3) is 2.67. The molecule has 7 nitrogen and oxygen atoms in total. The van der Waals surface area contributed by atoms with Crippen LogP contribution in [0.25, 0.3) is 11.0 Å². The molecule has 0 bridgehead atoms. The molecule has 0 saturated heterocycles. The quantitative estimate of drug-likeness (QED) is 0.777. The van der Waals surface area contributed by atoms with E-state index in [2.05, 4.69) is 26.5 Å². The monoisotopic (exact) mass is 294 g/mol. The van der Waals surface area contributed by atoms with E-state index in [1.165, 1.54) is 6.33 Å². The van der Waals surface area contributed by atoms with Crippen LogP contribution in [0, 0.1) is 11.3 Å². The van der Waals surface area contributed by atoms with E-state index in [1.807, 2.05) is 24.3 Å². The van der Waals surface area contributed by atoms with E-state index >= 15 is 0 Å². The highest BCUT2D eigenvalue weighted by atomic mass is 16.5. The van der Waals surface area contributed by atoms with Crippen molar-refractivity contribution in [3.8, 4) is 11.8 Å². The molecule has 0 saturated carbocycles. The zero-order valence-electron chi connectivity index (χ0n) is 12.0. The fraction of sp³-hybridized carbons (Fsp3) is 0.200. The van der Waals surface area contributed by atoms with Gasteiger partial charge in [0, 0.05) is 5.69 Å². The van der Waals surface area contributed by atoms with E-state index in [4.69, 9.17) is 10.00 Å². The van der Waals surface area contributed by atoms with Crippen molar-refractivity contribution in [2.45, 2.75) is 13.0 Å². The van der Waals surface area contributed by atoms with Crippen molar-refractivity contribution in [3.63, 3.8) is 0 Å². The first-order valence-electron chi connectivity index (χ1n) is 6.76. The van der Waals surface area contributed by atoms with Crippen molar-refractivity contribution in [2.75, 3.05) is 12.4 Å². The van der Waals surface area contributed by atoms with Gasteiger partial charge >= 0.3 is 0 Å². The van der Waals surface area contributed by atoms with Crippen LogP contribution in [0.2, 0.25) is 0 Å². The second kappa shape index (κ2) is 6.10. The number of fused-ring (bicyclic) bond motifs is 1. The zero-order valence-corrected chi connectivity index (χ0v) is 12.0. The summed E-state index contributed by atoms with van der Waals surface area (Å²) in [7, 11) is 1.63. The van der Waals surface area contributed by atoms with Gasteiger partial charge in [-0.25, -0.2) is 14.6 Å². The van der Waals surface area contributed by atoms with Crippen molar-refractivity contribution < 1.29 is 4.74 Å². The molecule has 3 rings (SSSR count). The van der Waals surface area contributed by atoms with Gasteiger partial charge < -0.3 is 10.1 Å². The summed E-state index contributed by atoms with van der Waals surface area (Å²) in [5, 5.41) is 17.0. The molecule has 110 valence electrons. The number of rotatable bonds is 5. The Hall–Kier alpha value is -3.14. The van der Waals surface area contributed by atoms with Crippen LogP contribution in [0.1, 0.15) is 6.42 Å². The summed E-state index contributed by atoms with van der Waals surface area (Å²) in [4.78, 5) is 8.51. The van der Waals surface area contributed by atoms with Gasteiger partial charge in [-0.05, 0) is 24.3 Å². The number of nitrogens with zero attached hydrogens (tertiary/aromatic N) is 5. The Kier molecular flexibility index (Phi) is 3.83. The van der Waals surface area contributed by atoms with Gasteiger partial charge in [0.05, 0.1) is 37.7 Å². The van der Waals surface area contributed by atoms with Crippen LogP contribution in [0.3, 0.4) is 0 Å². The maximum absolute atomic E-state index is 8.68. The van der Waals surface area contributed by atoms with Crippen molar-refractivity contribution >= 4 is 22.5 Å². The Morgan fingerprint density at radius 1 is 1.27 bits per heavy atom. The van der Waals surface area contributed by atoms with Crippen LogP contribution in [0.4, 0.5) is 11.5 Å². The molecule has 2 aromatic heterocycles. The Balaban J connectivity index is 1.90. The number of benzene rings is 1. The van der Waals surface area contributed by atoms with E-state index in [1.54, 1.807) is 18.0 Å². The summed E-state index contributed by atoms with van der Waals surface area (Å²) >= 11 is 0. The van der Waals surface area contributed by atoms with Gasteiger partial charge in [-0.15, -0.1) is 0 Å². The molecule has 0 aliphatic rings. The molecule has 22 heavy (non-hydrogen) atoms. The fourth-order valence-corrected chi connectivity index (χ4v) is 2.12. The number of hydrogen-bond donors (Lipinski definition) is 1. The van der Waals surface area contributed by atoms with Crippen molar-refractivity contribution in [1.82, 2.24) is 19.7 Å². The fourth-order valence-electron chi connectivity index (χ4n) is 2.12. The highest BCUT2D eigenvalue weighted by Crippen LogP contribution is 2.24. The normalized spacial score (nSPS) is 10.4. The molecule has 0 aliphatic carbocycles. The predicted octanol–water partition coefficient (Wildman–Crippen LogP) is 2.49. The van der Waals surface area contributed by atoms with Crippen molar-refractivity contribution in [2.24, 2.45) is 0 Å². The van der Waals surface area contributed by atoms with Crippen LogP contribution in [0.15, 0.2) is 36.8 Å². The van der Waals surface area contributed by atoms with Crippen molar-refractivity contribution in [1.29, 1.82) is 5.26 Å². The number of aromatic nitrogens is 4. The number of aryl methyl sites for hydroxylation is 1. The second-order valence-corrected chi connectivity index (χ2v) is 4.59. The summed E-state index contributed by atoms with van der Waals surface area (Å²) in [5.74, 6) is 1.47. The maximum Gasteiger partial charge on any atom is 0.163 e. The molecule has 0 unspecified atom stereocenters. The van der Waals surface area contributed by atoms with Gasteiger partial charge in [0.1, 0.15) is 17.9 Å². The molecule has 0 amide bonds. The van der Waals surface area contributed by atoms with Gasteiger partial charge in [0.25, 0.3) is 0 Å². The smallest absolute Gasteiger partial charge is 0.163 e. The predicted molar refractivity (Wildman–Crippen MR) is 81.8 cm³/mol. The lowest BCUT2D eigenvalue weighted by Crippen LogP contribution is -2.01. The third-order valence-electron chi connectivity index (χ3n) is 3.22. The molecular formula is C15H14N6O. The standard InChI is InChI=1S/C15H14N6O/c1-22-12-5-3-11(4-6-12)20-14-13-9-19-21(8-2-7-16)15(13)18-10-17-14/h3-6,9-10H,2,8H2,1H3,(H,17,18,20). The Morgan fingerprint density at radius 2 is 2.09 bits per heavy atom. The highest BCUT2D eigenvalue weighted by Gasteiger charge is 2.09. The Bertz CT molecular complexity index is 818. The van der Waals surface area contributed by atoms with Crippen LogP contribution < -0.4 is 10.1 Å². The minimum atomic E-state index is 0.391.